The molecule has 2 aliphatic heterocycles. The van der Waals surface area contributed by atoms with Gasteiger partial charge in [0.05, 0.1) is 24.9 Å². The molecule has 0 aliphatic carbocycles. The molecule has 2 fully saturated rings. The van der Waals surface area contributed by atoms with Gasteiger partial charge in [-0.05, 0) is 13.8 Å². The van der Waals surface area contributed by atoms with Crippen molar-refractivity contribution in [2.24, 2.45) is 0 Å². The van der Waals surface area contributed by atoms with E-state index in [0.717, 1.165) is 0 Å². The van der Waals surface area contributed by atoms with E-state index < -0.39 is 15.8 Å². The smallest absolute Gasteiger partial charge is 0.282 e. The molecule has 1 unspecified atom stereocenters. The first-order chi connectivity index (χ1) is 8.85. The molecule has 0 spiro atoms. The van der Waals surface area contributed by atoms with Crippen LogP contribution in [0.2, 0.25) is 0 Å². The Bertz CT molecular complexity index is 409. The Labute approximate surface area is 123 Å². The highest BCUT2D eigenvalue weighted by atomic mass is 79.9. The maximum atomic E-state index is 12.6. The molecule has 6 nitrogen and oxygen atoms in total. The molecule has 0 radical (unpaired) electrons. The Morgan fingerprint density at radius 1 is 1.26 bits per heavy atom. The number of alkyl halides is 1. The number of halogens is 1. The van der Waals surface area contributed by atoms with Crippen molar-refractivity contribution in [1.82, 2.24) is 8.61 Å². The predicted octanol–water partition coefficient (Wildman–Crippen LogP) is 0.438. The average molecular weight is 357 g/mol. The second-order valence-electron chi connectivity index (χ2n) is 5.47. The fourth-order valence-electron chi connectivity index (χ4n) is 2.44. The first kappa shape index (κ1) is 15.7. The van der Waals surface area contributed by atoms with Gasteiger partial charge in [-0.15, -0.1) is 0 Å². The monoisotopic (exact) mass is 356 g/mol. The molecule has 0 bridgehead atoms. The van der Waals surface area contributed by atoms with Crippen LogP contribution in [0.1, 0.15) is 13.8 Å². The summed E-state index contributed by atoms with van der Waals surface area (Å²) in [6.45, 7) is 6.42. The Morgan fingerprint density at radius 3 is 2.47 bits per heavy atom. The predicted molar refractivity (Wildman–Crippen MR) is 75.6 cm³/mol. The SMILES string of the molecule is CC1(C)CN(S(=O)(=O)N2CCOCC2)CC(CBr)O1. The van der Waals surface area contributed by atoms with Crippen LogP contribution in [0.15, 0.2) is 0 Å². The van der Waals surface area contributed by atoms with Crippen LogP contribution in [0, 0.1) is 0 Å². The quantitative estimate of drug-likeness (QED) is 0.688. The molecule has 2 heterocycles. The fraction of sp³-hybridized carbons (Fsp3) is 1.00. The molecule has 0 saturated carbocycles. The van der Waals surface area contributed by atoms with E-state index in [9.17, 15) is 8.42 Å². The van der Waals surface area contributed by atoms with Crippen LogP contribution in [0.25, 0.3) is 0 Å². The van der Waals surface area contributed by atoms with E-state index in [4.69, 9.17) is 9.47 Å². The van der Waals surface area contributed by atoms with Gasteiger partial charge in [-0.25, -0.2) is 0 Å². The molecular formula is C11H21BrN2O4S. The standard InChI is InChI=1S/C11H21BrN2O4S/c1-11(2)9-14(8-10(7-12)18-11)19(15,16)13-3-5-17-6-4-13/h10H,3-9H2,1-2H3. The van der Waals surface area contributed by atoms with E-state index in [-0.39, 0.29) is 6.10 Å². The maximum absolute atomic E-state index is 12.6. The minimum absolute atomic E-state index is 0.112. The minimum atomic E-state index is -3.41. The lowest BCUT2D eigenvalue weighted by molar-refractivity contribution is -0.108. The number of ether oxygens (including phenoxy) is 2. The van der Waals surface area contributed by atoms with Gasteiger partial charge in [0, 0.05) is 31.5 Å². The summed E-state index contributed by atoms with van der Waals surface area (Å²) < 4.78 is 39.3. The molecule has 0 N–H and O–H groups in total. The number of rotatable bonds is 3. The van der Waals surface area contributed by atoms with Gasteiger partial charge in [0.25, 0.3) is 10.2 Å². The zero-order chi connectivity index (χ0) is 14.1. The van der Waals surface area contributed by atoms with Crippen LogP contribution in [0.3, 0.4) is 0 Å². The van der Waals surface area contributed by atoms with Crippen molar-refractivity contribution in [1.29, 1.82) is 0 Å². The van der Waals surface area contributed by atoms with Crippen molar-refractivity contribution in [2.75, 3.05) is 44.7 Å². The van der Waals surface area contributed by atoms with Crippen LogP contribution in [0.5, 0.6) is 0 Å². The lowest BCUT2D eigenvalue weighted by Gasteiger charge is -2.43. The van der Waals surface area contributed by atoms with Gasteiger partial charge in [-0.3, -0.25) is 0 Å². The molecule has 0 aromatic carbocycles. The van der Waals surface area contributed by atoms with Crippen molar-refractivity contribution in [3.8, 4) is 0 Å². The normalized spacial score (nSPS) is 30.4. The highest BCUT2D eigenvalue weighted by molar-refractivity contribution is 9.09. The topological polar surface area (TPSA) is 59.1 Å². The zero-order valence-corrected chi connectivity index (χ0v) is 13.7. The number of morpholine rings is 2. The minimum Gasteiger partial charge on any atom is -0.379 e. The molecule has 8 heteroatoms. The molecule has 2 saturated heterocycles. The first-order valence-corrected chi connectivity index (χ1v) is 8.94. The van der Waals surface area contributed by atoms with E-state index >= 15 is 0 Å². The molecule has 0 aromatic rings. The van der Waals surface area contributed by atoms with E-state index in [0.29, 0.717) is 44.7 Å². The summed E-state index contributed by atoms with van der Waals surface area (Å²) >= 11 is 3.37. The van der Waals surface area contributed by atoms with E-state index in [1.165, 1.54) is 8.61 Å². The van der Waals surface area contributed by atoms with Crippen molar-refractivity contribution in [2.45, 2.75) is 25.6 Å². The third-order valence-corrected chi connectivity index (χ3v) is 5.92. The van der Waals surface area contributed by atoms with Crippen molar-refractivity contribution >= 4 is 26.1 Å². The van der Waals surface area contributed by atoms with Gasteiger partial charge < -0.3 is 9.47 Å². The molecule has 1 atom stereocenters. The molecule has 2 rings (SSSR count). The third kappa shape index (κ3) is 3.68. The molecule has 0 amide bonds. The van der Waals surface area contributed by atoms with Crippen LogP contribution in [-0.2, 0) is 19.7 Å². The van der Waals surface area contributed by atoms with Gasteiger partial charge in [0.15, 0.2) is 0 Å². The summed E-state index contributed by atoms with van der Waals surface area (Å²) in [7, 11) is -3.41. The van der Waals surface area contributed by atoms with Gasteiger partial charge in [-0.1, -0.05) is 15.9 Å². The van der Waals surface area contributed by atoms with Crippen molar-refractivity contribution in [3.63, 3.8) is 0 Å². The Kier molecular flexibility index (Phi) is 4.90. The Balaban J connectivity index is 2.14. The Morgan fingerprint density at radius 2 is 1.89 bits per heavy atom. The summed E-state index contributed by atoms with van der Waals surface area (Å²) in [5, 5.41) is 0.631. The summed E-state index contributed by atoms with van der Waals surface area (Å²) in [5.41, 5.74) is -0.462. The van der Waals surface area contributed by atoms with Crippen molar-refractivity contribution < 1.29 is 17.9 Å². The van der Waals surface area contributed by atoms with Crippen molar-refractivity contribution in [3.05, 3.63) is 0 Å². The third-order valence-electron chi connectivity index (χ3n) is 3.24. The van der Waals surface area contributed by atoms with E-state index in [2.05, 4.69) is 15.9 Å². The lowest BCUT2D eigenvalue weighted by Crippen LogP contribution is -2.59. The maximum Gasteiger partial charge on any atom is 0.282 e. The van der Waals surface area contributed by atoms with Gasteiger partial charge in [-0.2, -0.15) is 17.0 Å². The van der Waals surface area contributed by atoms with Crippen LogP contribution >= 0.6 is 15.9 Å². The highest BCUT2D eigenvalue weighted by Gasteiger charge is 2.41. The van der Waals surface area contributed by atoms with Gasteiger partial charge >= 0.3 is 0 Å². The van der Waals surface area contributed by atoms with Gasteiger partial charge in [0.1, 0.15) is 0 Å². The molecule has 19 heavy (non-hydrogen) atoms. The number of hydrogen-bond acceptors (Lipinski definition) is 4. The van der Waals surface area contributed by atoms with Crippen LogP contribution < -0.4 is 0 Å². The highest BCUT2D eigenvalue weighted by Crippen LogP contribution is 2.25. The van der Waals surface area contributed by atoms with E-state index in [1.54, 1.807) is 0 Å². The molecular weight excluding hydrogens is 336 g/mol. The summed E-state index contributed by atoms with van der Waals surface area (Å²) in [6.07, 6.45) is -0.112. The summed E-state index contributed by atoms with van der Waals surface area (Å²) in [6, 6.07) is 0. The zero-order valence-electron chi connectivity index (χ0n) is 11.3. The molecule has 112 valence electrons. The molecule has 2 aliphatic rings. The Hall–Kier alpha value is 0.270. The lowest BCUT2D eigenvalue weighted by atomic mass is 10.1. The second kappa shape index (κ2) is 5.95. The fourth-order valence-corrected chi connectivity index (χ4v) is 4.54. The largest absolute Gasteiger partial charge is 0.379 e. The van der Waals surface area contributed by atoms with E-state index in [1.807, 2.05) is 13.8 Å². The average Bonchev–Trinajstić information content (AvgIpc) is 2.37. The second-order valence-corrected chi connectivity index (χ2v) is 8.04. The number of nitrogens with zero attached hydrogens (tertiary/aromatic N) is 2. The van der Waals surface area contributed by atoms with Crippen LogP contribution in [-0.4, -0.2) is 73.5 Å². The van der Waals surface area contributed by atoms with Crippen LogP contribution in [0.4, 0.5) is 0 Å². The summed E-state index contributed by atoms with van der Waals surface area (Å²) in [5.74, 6) is 0. The summed E-state index contributed by atoms with van der Waals surface area (Å²) in [4.78, 5) is 0. The molecule has 0 aromatic heterocycles. The van der Waals surface area contributed by atoms with Gasteiger partial charge in [0.2, 0.25) is 0 Å². The first-order valence-electron chi connectivity index (χ1n) is 6.42. The number of hydrogen-bond donors (Lipinski definition) is 0.